The Bertz CT molecular complexity index is 930. The number of hydrogen-bond acceptors (Lipinski definition) is 6. The topological polar surface area (TPSA) is 79.1 Å². The van der Waals surface area contributed by atoms with Gasteiger partial charge in [-0.1, -0.05) is 55.8 Å². The molecule has 6 heteroatoms. The van der Waals surface area contributed by atoms with Gasteiger partial charge in [0.05, 0.1) is 17.1 Å². The Morgan fingerprint density at radius 1 is 1.15 bits per heavy atom. The van der Waals surface area contributed by atoms with Gasteiger partial charge in [0.2, 0.25) is 5.95 Å². The molecule has 2 aromatic rings. The molecule has 0 spiro atoms. The van der Waals surface area contributed by atoms with Gasteiger partial charge in [-0.15, -0.1) is 6.58 Å². The van der Waals surface area contributed by atoms with E-state index in [1.54, 1.807) is 6.20 Å². The minimum Gasteiger partial charge on any atom is -0.396 e. The van der Waals surface area contributed by atoms with Gasteiger partial charge in [-0.3, -0.25) is 0 Å². The summed E-state index contributed by atoms with van der Waals surface area (Å²) in [5.74, 6) is 1.26. The van der Waals surface area contributed by atoms with Gasteiger partial charge in [-0.25, -0.2) is 9.97 Å². The lowest BCUT2D eigenvalue weighted by Gasteiger charge is -2.30. The van der Waals surface area contributed by atoms with E-state index in [0.29, 0.717) is 17.6 Å². The summed E-state index contributed by atoms with van der Waals surface area (Å²) in [4.78, 5) is 11.1. The average molecular weight is 449 g/mol. The van der Waals surface area contributed by atoms with Crippen molar-refractivity contribution in [3.8, 4) is 0 Å². The normalized spacial score (nSPS) is 13.2. The van der Waals surface area contributed by atoms with Crippen molar-refractivity contribution in [3.05, 3.63) is 78.3 Å². The van der Waals surface area contributed by atoms with E-state index in [4.69, 9.17) is 10.7 Å². The van der Waals surface area contributed by atoms with Crippen molar-refractivity contribution < 1.29 is 0 Å². The first-order valence-corrected chi connectivity index (χ1v) is 11.7. The zero-order valence-corrected chi connectivity index (χ0v) is 20.8. The van der Waals surface area contributed by atoms with Gasteiger partial charge in [0, 0.05) is 25.5 Å². The molecule has 0 saturated heterocycles. The van der Waals surface area contributed by atoms with Gasteiger partial charge in [0.25, 0.3) is 0 Å². The van der Waals surface area contributed by atoms with Gasteiger partial charge >= 0.3 is 0 Å². The summed E-state index contributed by atoms with van der Waals surface area (Å²) in [7, 11) is 1.81. The second kappa shape index (κ2) is 13.4. The second-order valence-electron chi connectivity index (χ2n) is 8.63. The van der Waals surface area contributed by atoms with Crippen LogP contribution in [-0.2, 0) is 0 Å². The van der Waals surface area contributed by atoms with Crippen LogP contribution in [0.5, 0.6) is 0 Å². The Hall–Kier alpha value is -3.12. The number of nitrogens with two attached hydrogens (primary N) is 1. The van der Waals surface area contributed by atoms with E-state index in [2.05, 4.69) is 79.2 Å². The Kier molecular flexibility index (Phi) is 10.6. The van der Waals surface area contributed by atoms with Crippen LogP contribution >= 0.6 is 0 Å². The molecule has 0 aliphatic rings. The highest BCUT2D eigenvalue weighted by Crippen LogP contribution is 2.28. The van der Waals surface area contributed by atoms with E-state index in [9.17, 15) is 0 Å². The number of hydrogen-bond donors (Lipinski definition) is 3. The fraction of sp³-hybridized carbons (Fsp3) is 0.407. The number of benzene rings is 1. The highest BCUT2D eigenvalue weighted by molar-refractivity contribution is 5.88. The summed E-state index contributed by atoms with van der Waals surface area (Å²) in [6.45, 7) is 14.7. The van der Waals surface area contributed by atoms with Crippen molar-refractivity contribution in [3.63, 3.8) is 0 Å². The third-order valence-corrected chi connectivity index (χ3v) is 5.43. The minimum absolute atomic E-state index is 0.0159. The highest BCUT2D eigenvalue weighted by Gasteiger charge is 2.20. The summed E-state index contributed by atoms with van der Waals surface area (Å²) >= 11 is 0. The highest BCUT2D eigenvalue weighted by atomic mass is 15.2. The molecule has 0 amide bonds. The van der Waals surface area contributed by atoms with E-state index in [1.165, 1.54) is 12.0 Å². The van der Waals surface area contributed by atoms with E-state index in [0.717, 1.165) is 36.5 Å². The first-order valence-electron chi connectivity index (χ1n) is 11.7. The van der Waals surface area contributed by atoms with Crippen LogP contribution in [0.15, 0.2) is 61.5 Å². The second-order valence-corrected chi connectivity index (χ2v) is 8.63. The van der Waals surface area contributed by atoms with Crippen LogP contribution in [0.2, 0.25) is 0 Å². The fourth-order valence-corrected chi connectivity index (χ4v) is 3.31. The maximum absolute atomic E-state index is 6.78. The number of aryl methyl sites for hydroxylation is 1. The van der Waals surface area contributed by atoms with E-state index < -0.39 is 0 Å². The van der Waals surface area contributed by atoms with Crippen LogP contribution in [0.25, 0.3) is 11.4 Å². The Balaban J connectivity index is 2.41. The molecular weight excluding hydrogens is 408 g/mol. The summed E-state index contributed by atoms with van der Waals surface area (Å²) < 4.78 is 0. The predicted molar refractivity (Wildman–Crippen MR) is 141 cm³/mol. The van der Waals surface area contributed by atoms with Crippen molar-refractivity contribution in [2.24, 2.45) is 11.7 Å². The van der Waals surface area contributed by atoms with Crippen molar-refractivity contribution >= 4 is 17.3 Å². The van der Waals surface area contributed by atoms with E-state index in [1.807, 2.05) is 31.3 Å². The van der Waals surface area contributed by atoms with Crippen LogP contribution in [0.3, 0.4) is 0 Å². The lowest BCUT2D eigenvalue weighted by molar-refractivity contribution is 0.472. The molecule has 2 rings (SSSR count). The molecule has 0 radical (unpaired) electrons. The third kappa shape index (κ3) is 8.06. The Morgan fingerprint density at radius 3 is 2.52 bits per heavy atom. The average Bonchev–Trinajstić information content (AvgIpc) is 2.82. The summed E-state index contributed by atoms with van der Waals surface area (Å²) in [6, 6.07) is 10.1. The molecule has 0 saturated carbocycles. The van der Waals surface area contributed by atoms with E-state index in [-0.39, 0.29) is 6.04 Å². The van der Waals surface area contributed by atoms with Gasteiger partial charge in [-0.2, -0.15) is 0 Å². The molecule has 1 atom stereocenters. The number of aromatic nitrogens is 2. The van der Waals surface area contributed by atoms with Crippen molar-refractivity contribution in [2.45, 2.75) is 46.6 Å². The molecule has 0 fully saturated rings. The third-order valence-electron chi connectivity index (χ3n) is 5.43. The summed E-state index contributed by atoms with van der Waals surface area (Å²) in [6.07, 6.45) is 10.0. The van der Waals surface area contributed by atoms with Crippen LogP contribution < -0.4 is 16.4 Å². The largest absolute Gasteiger partial charge is 0.396 e. The van der Waals surface area contributed by atoms with Crippen LogP contribution in [-0.4, -0.2) is 41.0 Å². The molecular formula is C27H40N6. The van der Waals surface area contributed by atoms with Gasteiger partial charge in [0.1, 0.15) is 0 Å². The molecule has 6 nitrogen and oxygen atoms in total. The molecule has 0 aliphatic carbocycles. The number of anilines is 1. The SMILES string of the molecule is C=CC(C)N(/C=C\CCNCCC(C)C)/C(=C(\N)c1ccc(C)cc1)c1ccnc(NC)n1. The Morgan fingerprint density at radius 2 is 1.88 bits per heavy atom. The van der Waals surface area contributed by atoms with Gasteiger partial charge in [0.15, 0.2) is 0 Å². The zero-order valence-electron chi connectivity index (χ0n) is 20.8. The van der Waals surface area contributed by atoms with Crippen molar-refractivity contribution in [2.75, 3.05) is 25.5 Å². The monoisotopic (exact) mass is 448 g/mol. The fourth-order valence-electron chi connectivity index (χ4n) is 3.31. The smallest absolute Gasteiger partial charge is 0.222 e. The molecule has 1 unspecified atom stereocenters. The zero-order chi connectivity index (χ0) is 24.2. The molecule has 1 heterocycles. The standard InChI is InChI=1S/C27H40N6/c1-7-22(5)33(19-9-8-16-30-17-14-20(2)3)26(24-15-18-31-27(29-6)32-24)25(28)23-12-10-21(4)11-13-23/h7,9-13,15,18-20,22,30H,1,8,14,16-17,28H2,2-6H3,(H,29,31,32)/b19-9-,26-25-. The lowest BCUT2D eigenvalue weighted by atomic mass is 10.1. The molecule has 0 aliphatic heterocycles. The molecule has 0 bridgehead atoms. The van der Waals surface area contributed by atoms with Crippen LogP contribution in [0.1, 0.15) is 50.4 Å². The van der Waals surface area contributed by atoms with E-state index >= 15 is 0 Å². The summed E-state index contributed by atoms with van der Waals surface area (Å²) in [5.41, 5.74) is 11.2. The Labute approximate surface area is 199 Å². The number of rotatable bonds is 13. The maximum atomic E-state index is 6.78. The molecule has 4 N–H and O–H groups in total. The van der Waals surface area contributed by atoms with Gasteiger partial charge < -0.3 is 21.3 Å². The van der Waals surface area contributed by atoms with Crippen LogP contribution in [0, 0.1) is 12.8 Å². The molecule has 178 valence electrons. The predicted octanol–water partition coefficient (Wildman–Crippen LogP) is 5.03. The number of nitrogens with zero attached hydrogens (tertiary/aromatic N) is 3. The summed E-state index contributed by atoms with van der Waals surface area (Å²) in [5, 5.41) is 6.53. The quantitative estimate of drug-likeness (QED) is 0.295. The van der Waals surface area contributed by atoms with Crippen molar-refractivity contribution in [1.82, 2.24) is 20.2 Å². The molecule has 1 aromatic carbocycles. The lowest BCUT2D eigenvalue weighted by Crippen LogP contribution is -2.28. The van der Waals surface area contributed by atoms with Crippen molar-refractivity contribution in [1.29, 1.82) is 0 Å². The number of nitrogens with one attached hydrogen (secondary N) is 2. The first-order chi connectivity index (χ1) is 15.9. The first kappa shape index (κ1) is 26.1. The van der Waals surface area contributed by atoms with Crippen LogP contribution in [0.4, 0.5) is 5.95 Å². The minimum atomic E-state index is 0.0159. The molecule has 1 aromatic heterocycles. The maximum Gasteiger partial charge on any atom is 0.222 e. The molecule has 33 heavy (non-hydrogen) atoms. The van der Waals surface area contributed by atoms with Gasteiger partial charge in [-0.05, 0) is 57.3 Å².